The van der Waals surface area contributed by atoms with Gasteiger partial charge < -0.3 is 15.0 Å². The van der Waals surface area contributed by atoms with Gasteiger partial charge in [-0.05, 0) is 69.3 Å². The summed E-state index contributed by atoms with van der Waals surface area (Å²) in [4.78, 5) is 28.1. The standard InChI is InChI=1S/C28H31Cl2N3O5S/c1-19(2)31-28(35)20(3)32(17-24-25(29)11-8-12-26(24)30)27(34)18-33(21-9-6-5-7-10-21)39(36,37)23-15-13-22(38-4)14-16-23/h5-16,19-20H,17-18H2,1-4H3,(H,31,35)/t20-/m0/s1. The highest BCUT2D eigenvalue weighted by Gasteiger charge is 2.33. The predicted molar refractivity (Wildman–Crippen MR) is 154 cm³/mol. The van der Waals surface area contributed by atoms with Crippen LogP contribution in [0.15, 0.2) is 77.7 Å². The molecule has 0 aliphatic heterocycles. The van der Waals surface area contributed by atoms with Crippen molar-refractivity contribution >= 4 is 50.7 Å². The maximum atomic E-state index is 13.9. The molecule has 0 bridgehead atoms. The number of benzene rings is 3. The van der Waals surface area contributed by atoms with E-state index in [0.717, 1.165) is 4.31 Å². The molecule has 8 nitrogen and oxygen atoms in total. The number of methoxy groups -OCH3 is 1. The van der Waals surface area contributed by atoms with Crippen molar-refractivity contribution in [1.29, 1.82) is 0 Å². The number of hydrogen-bond acceptors (Lipinski definition) is 5. The molecule has 208 valence electrons. The maximum Gasteiger partial charge on any atom is 0.264 e. The van der Waals surface area contributed by atoms with Crippen molar-refractivity contribution in [1.82, 2.24) is 10.2 Å². The Balaban J connectivity index is 2.04. The molecular formula is C28H31Cl2N3O5S. The lowest BCUT2D eigenvalue weighted by Crippen LogP contribution is -2.52. The van der Waals surface area contributed by atoms with E-state index in [1.54, 1.807) is 69.3 Å². The number of amides is 2. The highest BCUT2D eigenvalue weighted by molar-refractivity contribution is 7.92. The van der Waals surface area contributed by atoms with Gasteiger partial charge in [-0.25, -0.2) is 8.42 Å². The van der Waals surface area contributed by atoms with Crippen molar-refractivity contribution in [3.05, 3.63) is 88.4 Å². The van der Waals surface area contributed by atoms with Crippen LogP contribution in [0, 0.1) is 0 Å². The van der Waals surface area contributed by atoms with E-state index in [1.807, 2.05) is 0 Å². The molecular weight excluding hydrogens is 561 g/mol. The number of anilines is 1. The molecule has 0 aliphatic rings. The number of hydrogen-bond donors (Lipinski definition) is 1. The topological polar surface area (TPSA) is 96.0 Å². The zero-order chi connectivity index (χ0) is 28.7. The summed E-state index contributed by atoms with van der Waals surface area (Å²) in [6.45, 7) is 4.51. The van der Waals surface area contributed by atoms with E-state index < -0.39 is 34.4 Å². The van der Waals surface area contributed by atoms with Crippen LogP contribution in [-0.4, -0.2) is 50.9 Å². The summed E-state index contributed by atoms with van der Waals surface area (Å²) in [6, 6.07) is 18.0. The highest BCUT2D eigenvalue weighted by Crippen LogP contribution is 2.28. The number of sulfonamides is 1. The van der Waals surface area contributed by atoms with E-state index in [-0.39, 0.29) is 23.2 Å². The van der Waals surface area contributed by atoms with Gasteiger partial charge in [0.2, 0.25) is 11.8 Å². The minimum absolute atomic E-state index is 0.0220. The molecule has 0 radical (unpaired) electrons. The van der Waals surface area contributed by atoms with Crippen LogP contribution in [-0.2, 0) is 26.2 Å². The molecule has 0 aromatic heterocycles. The van der Waals surface area contributed by atoms with Gasteiger partial charge in [-0.2, -0.15) is 0 Å². The number of nitrogens with one attached hydrogen (secondary N) is 1. The molecule has 3 rings (SSSR count). The first-order valence-electron chi connectivity index (χ1n) is 12.2. The number of carbonyl (C=O) groups is 2. The third kappa shape index (κ3) is 7.44. The van der Waals surface area contributed by atoms with E-state index >= 15 is 0 Å². The van der Waals surface area contributed by atoms with Crippen molar-refractivity contribution < 1.29 is 22.7 Å². The minimum atomic E-state index is -4.18. The van der Waals surface area contributed by atoms with Gasteiger partial charge in [0.05, 0.1) is 17.7 Å². The lowest BCUT2D eigenvalue weighted by atomic mass is 10.1. The van der Waals surface area contributed by atoms with E-state index in [1.165, 1.54) is 36.3 Å². The SMILES string of the molecule is COc1ccc(S(=O)(=O)N(CC(=O)N(Cc2c(Cl)cccc2Cl)[C@@H](C)C(=O)NC(C)C)c2ccccc2)cc1. The smallest absolute Gasteiger partial charge is 0.264 e. The largest absolute Gasteiger partial charge is 0.497 e. The maximum absolute atomic E-state index is 13.9. The van der Waals surface area contributed by atoms with E-state index in [0.29, 0.717) is 21.4 Å². The highest BCUT2D eigenvalue weighted by atomic mass is 35.5. The molecule has 0 heterocycles. The number of halogens is 2. The van der Waals surface area contributed by atoms with Gasteiger partial charge in [0, 0.05) is 28.2 Å². The Morgan fingerprint density at radius 1 is 0.897 bits per heavy atom. The summed E-state index contributed by atoms with van der Waals surface area (Å²) in [5.74, 6) is -0.520. The lowest BCUT2D eigenvalue weighted by Gasteiger charge is -2.32. The fourth-order valence-electron chi connectivity index (χ4n) is 3.84. The van der Waals surface area contributed by atoms with Gasteiger partial charge in [0.25, 0.3) is 10.0 Å². The van der Waals surface area contributed by atoms with Crippen molar-refractivity contribution in [2.75, 3.05) is 18.0 Å². The quantitative estimate of drug-likeness (QED) is 0.333. The van der Waals surface area contributed by atoms with Gasteiger partial charge in [-0.15, -0.1) is 0 Å². The van der Waals surface area contributed by atoms with Crippen LogP contribution >= 0.6 is 23.2 Å². The Morgan fingerprint density at radius 3 is 2.03 bits per heavy atom. The first-order valence-corrected chi connectivity index (χ1v) is 14.4. The summed E-state index contributed by atoms with van der Waals surface area (Å²) < 4.78 is 33.8. The first kappa shape index (κ1) is 30.3. The molecule has 1 N–H and O–H groups in total. The van der Waals surface area contributed by atoms with Crippen LogP contribution in [0.2, 0.25) is 10.0 Å². The number of rotatable bonds is 11. The third-order valence-electron chi connectivity index (χ3n) is 5.96. The average Bonchev–Trinajstić information content (AvgIpc) is 2.91. The van der Waals surface area contributed by atoms with Crippen molar-refractivity contribution in [3.63, 3.8) is 0 Å². The number of carbonyl (C=O) groups excluding carboxylic acids is 2. The van der Waals surface area contributed by atoms with Crippen LogP contribution in [0.25, 0.3) is 0 Å². The zero-order valence-corrected chi connectivity index (χ0v) is 24.4. The average molecular weight is 593 g/mol. The van der Waals surface area contributed by atoms with Crippen molar-refractivity contribution in [2.24, 2.45) is 0 Å². The van der Waals surface area contributed by atoms with Gasteiger partial charge in [0.15, 0.2) is 0 Å². The number of nitrogens with zero attached hydrogens (tertiary/aromatic N) is 2. The summed E-state index contributed by atoms with van der Waals surface area (Å²) in [6.07, 6.45) is 0. The van der Waals surface area contributed by atoms with Gasteiger partial charge in [-0.3, -0.25) is 13.9 Å². The Bertz CT molecular complexity index is 1380. The second-order valence-corrected chi connectivity index (χ2v) is 11.8. The van der Waals surface area contributed by atoms with Crippen LogP contribution in [0.1, 0.15) is 26.3 Å². The van der Waals surface area contributed by atoms with Crippen LogP contribution in [0.5, 0.6) is 5.75 Å². The Hall–Kier alpha value is -3.27. The monoisotopic (exact) mass is 591 g/mol. The molecule has 0 spiro atoms. The molecule has 3 aromatic carbocycles. The Kier molecular flexibility index (Phi) is 10.2. The zero-order valence-electron chi connectivity index (χ0n) is 22.1. The fraction of sp³-hybridized carbons (Fsp3) is 0.286. The fourth-order valence-corrected chi connectivity index (χ4v) is 5.77. The van der Waals surface area contributed by atoms with Gasteiger partial charge in [0.1, 0.15) is 18.3 Å². The predicted octanol–water partition coefficient (Wildman–Crippen LogP) is 5.14. The van der Waals surface area contributed by atoms with E-state index in [4.69, 9.17) is 27.9 Å². The van der Waals surface area contributed by atoms with Crippen molar-refractivity contribution in [3.8, 4) is 5.75 Å². The molecule has 0 saturated carbocycles. The molecule has 0 fully saturated rings. The molecule has 0 aliphatic carbocycles. The molecule has 3 aromatic rings. The van der Waals surface area contributed by atoms with E-state index in [2.05, 4.69) is 5.32 Å². The van der Waals surface area contributed by atoms with Crippen LogP contribution in [0.4, 0.5) is 5.69 Å². The molecule has 0 unspecified atom stereocenters. The minimum Gasteiger partial charge on any atom is -0.497 e. The summed E-state index contributed by atoms with van der Waals surface area (Å²) in [5, 5.41) is 3.45. The second-order valence-electron chi connectivity index (χ2n) is 9.08. The molecule has 2 amide bonds. The third-order valence-corrected chi connectivity index (χ3v) is 8.46. The summed E-state index contributed by atoms with van der Waals surface area (Å²) >= 11 is 12.8. The molecule has 39 heavy (non-hydrogen) atoms. The molecule has 11 heteroatoms. The summed E-state index contributed by atoms with van der Waals surface area (Å²) in [5.41, 5.74) is 0.735. The lowest BCUT2D eigenvalue weighted by molar-refractivity contribution is -0.139. The normalized spacial score (nSPS) is 12.1. The molecule has 0 saturated heterocycles. The number of para-hydroxylation sites is 1. The first-order chi connectivity index (χ1) is 18.4. The second kappa shape index (κ2) is 13.2. The van der Waals surface area contributed by atoms with Crippen LogP contribution in [0.3, 0.4) is 0 Å². The number of ether oxygens (including phenoxy) is 1. The Labute approximate surface area is 239 Å². The summed E-state index contributed by atoms with van der Waals surface area (Å²) in [7, 11) is -2.70. The molecule has 1 atom stereocenters. The van der Waals surface area contributed by atoms with Crippen LogP contribution < -0.4 is 14.4 Å². The van der Waals surface area contributed by atoms with Crippen molar-refractivity contribution in [2.45, 2.75) is 44.3 Å². The van der Waals surface area contributed by atoms with Gasteiger partial charge >= 0.3 is 0 Å². The van der Waals surface area contributed by atoms with Gasteiger partial charge in [-0.1, -0.05) is 47.5 Å². The van der Waals surface area contributed by atoms with E-state index in [9.17, 15) is 18.0 Å². The Morgan fingerprint density at radius 2 is 1.49 bits per heavy atom.